The number of hydrogen-bond donors (Lipinski definition) is 1. The molecule has 0 spiro atoms. The summed E-state index contributed by atoms with van der Waals surface area (Å²) in [5, 5.41) is 7.01. The van der Waals surface area contributed by atoms with Crippen LogP contribution in [0.15, 0.2) is 34.7 Å². The molecule has 3 rings (SSSR count). The molecule has 6 heteroatoms. The summed E-state index contributed by atoms with van der Waals surface area (Å²) in [6.07, 6.45) is 4.31. The minimum Gasteiger partial charge on any atom is -0.376 e. The fourth-order valence-corrected chi connectivity index (χ4v) is 3.05. The molecule has 2 aromatic rings. The van der Waals surface area contributed by atoms with Crippen molar-refractivity contribution in [2.24, 2.45) is 5.10 Å². The van der Waals surface area contributed by atoms with E-state index >= 15 is 0 Å². The molecule has 0 radical (unpaired) electrons. The average Bonchev–Trinajstić information content (AvgIpc) is 3.20. The summed E-state index contributed by atoms with van der Waals surface area (Å²) < 4.78 is 11.3. The molecule has 1 aromatic heterocycles. The first-order valence-corrected chi connectivity index (χ1v) is 8.67. The highest BCUT2D eigenvalue weighted by Crippen LogP contribution is 2.15. The van der Waals surface area contributed by atoms with E-state index in [1.165, 1.54) is 0 Å². The average molecular weight is 331 g/mol. The number of aryl methyl sites for hydroxylation is 1. The quantitative estimate of drug-likeness (QED) is 0.622. The van der Waals surface area contributed by atoms with Gasteiger partial charge in [0.25, 0.3) is 0 Å². The van der Waals surface area contributed by atoms with Crippen LogP contribution >= 0.6 is 11.3 Å². The fourth-order valence-electron chi connectivity index (χ4n) is 2.41. The topological polar surface area (TPSA) is 55.7 Å². The number of rotatable bonds is 7. The van der Waals surface area contributed by atoms with Gasteiger partial charge in [0, 0.05) is 12.0 Å². The maximum Gasteiger partial charge on any atom is 0.203 e. The van der Waals surface area contributed by atoms with Crippen LogP contribution in [0.25, 0.3) is 0 Å². The van der Waals surface area contributed by atoms with Gasteiger partial charge in [0.15, 0.2) is 0 Å². The summed E-state index contributed by atoms with van der Waals surface area (Å²) in [7, 11) is 0. The van der Waals surface area contributed by atoms with E-state index < -0.39 is 0 Å². The van der Waals surface area contributed by atoms with E-state index in [9.17, 15) is 0 Å². The lowest BCUT2D eigenvalue weighted by Crippen LogP contribution is -2.13. The van der Waals surface area contributed by atoms with Gasteiger partial charge in [0.1, 0.15) is 0 Å². The number of thiazole rings is 1. The molecular weight excluding hydrogens is 310 g/mol. The minimum absolute atomic E-state index is 0.269. The molecule has 0 aliphatic carbocycles. The number of anilines is 1. The van der Waals surface area contributed by atoms with E-state index in [2.05, 4.69) is 27.6 Å². The van der Waals surface area contributed by atoms with Crippen LogP contribution in [0.5, 0.6) is 0 Å². The van der Waals surface area contributed by atoms with Gasteiger partial charge in [-0.1, -0.05) is 18.2 Å². The summed E-state index contributed by atoms with van der Waals surface area (Å²) in [6, 6.07) is 8.17. The maximum atomic E-state index is 5.74. The second kappa shape index (κ2) is 8.19. The number of nitrogens with zero attached hydrogens (tertiary/aromatic N) is 2. The van der Waals surface area contributed by atoms with Crippen LogP contribution in [-0.4, -0.2) is 30.5 Å². The van der Waals surface area contributed by atoms with Gasteiger partial charge in [-0.15, -0.1) is 11.3 Å². The standard InChI is InChI=1S/C17H21N3O2S/c1-13-12-23-17(19-13)20-18-9-14-4-2-5-15(8-14)10-21-11-16-6-3-7-22-16/h2,4-5,8-9,12,16H,3,6-7,10-11H2,1H3,(H,19,20). The van der Waals surface area contributed by atoms with E-state index in [-0.39, 0.29) is 6.10 Å². The van der Waals surface area contributed by atoms with Gasteiger partial charge in [-0.05, 0) is 37.0 Å². The van der Waals surface area contributed by atoms with Gasteiger partial charge in [-0.3, -0.25) is 5.43 Å². The van der Waals surface area contributed by atoms with Crippen LogP contribution in [0.2, 0.25) is 0 Å². The Hall–Kier alpha value is -1.76. The molecule has 1 fully saturated rings. The summed E-state index contributed by atoms with van der Waals surface area (Å²) in [5.74, 6) is 0. The predicted molar refractivity (Wildman–Crippen MR) is 93.1 cm³/mol. The lowest BCUT2D eigenvalue weighted by molar-refractivity contribution is 0.0106. The third-order valence-electron chi connectivity index (χ3n) is 3.54. The van der Waals surface area contributed by atoms with Crippen molar-refractivity contribution < 1.29 is 9.47 Å². The second-order valence-electron chi connectivity index (χ2n) is 5.56. The van der Waals surface area contributed by atoms with E-state index in [1.54, 1.807) is 17.6 Å². The molecule has 5 nitrogen and oxygen atoms in total. The Morgan fingerprint density at radius 3 is 3.26 bits per heavy atom. The molecule has 1 N–H and O–H groups in total. The summed E-state index contributed by atoms with van der Waals surface area (Å²) >= 11 is 1.54. The van der Waals surface area contributed by atoms with Crippen molar-refractivity contribution in [3.8, 4) is 0 Å². The summed E-state index contributed by atoms with van der Waals surface area (Å²) in [5.41, 5.74) is 6.11. The number of nitrogens with one attached hydrogen (secondary N) is 1. The van der Waals surface area contributed by atoms with Crippen molar-refractivity contribution in [2.75, 3.05) is 18.6 Å². The van der Waals surface area contributed by atoms with E-state index in [0.29, 0.717) is 13.2 Å². The molecule has 0 amide bonds. The zero-order valence-corrected chi connectivity index (χ0v) is 14.0. The lowest BCUT2D eigenvalue weighted by atomic mass is 10.1. The second-order valence-corrected chi connectivity index (χ2v) is 6.42. The van der Waals surface area contributed by atoms with E-state index in [1.807, 2.05) is 24.4 Å². The van der Waals surface area contributed by atoms with Crippen LogP contribution in [0.1, 0.15) is 29.7 Å². The van der Waals surface area contributed by atoms with Crippen molar-refractivity contribution >= 4 is 22.7 Å². The Morgan fingerprint density at radius 1 is 1.52 bits per heavy atom. The largest absolute Gasteiger partial charge is 0.376 e. The first kappa shape index (κ1) is 16.1. The monoisotopic (exact) mass is 331 g/mol. The normalized spacial score (nSPS) is 17.9. The highest BCUT2D eigenvalue weighted by atomic mass is 32.1. The first-order valence-electron chi connectivity index (χ1n) is 7.79. The van der Waals surface area contributed by atoms with Crippen molar-refractivity contribution in [2.45, 2.75) is 32.5 Å². The lowest BCUT2D eigenvalue weighted by Gasteiger charge is -2.10. The van der Waals surface area contributed by atoms with Crippen LogP contribution in [0.4, 0.5) is 5.13 Å². The fraction of sp³-hybridized carbons (Fsp3) is 0.412. The van der Waals surface area contributed by atoms with Gasteiger partial charge in [-0.2, -0.15) is 5.10 Å². The third-order valence-corrected chi connectivity index (χ3v) is 4.41. The summed E-state index contributed by atoms with van der Waals surface area (Å²) in [4.78, 5) is 4.30. The van der Waals surface area contributed by atoms with Crippen LogP contribution < -0.4 is 5.43 Å². The molecule has 122 valence electrons. The number of benzene rings is 1. The third kappa shape index (κ3) is 5.13. The molecule has 1 atom stereocenters. The number of hydrogen-bond acceptors (Lipinski definition) is 6. The summed E-state index contributed by atoms with van der Waals surface area (Å²) in [6.45, 7) is 4.10. The Kier molecular flexibility index (Phi) is 5.74. The Balaban J connectivity index is 1.48. The first-order chi connectivity index (χ1) is 11.3. The maximum absolute atomic E-state index is 5.74. The molecule has 1 aliphatic rings. The highest BCUT2D eigenvalue weighted by Gasteiger charge is 2.15. The SMILES string of the molecule is Cc1csc(NN=Cc2cccc(COCC3CCCO3)c2)n1. The molecule has 1 unspecified atom stereocenters. The Bertz CT molecular complexity index is 651. The van der Waals surface area contributed by atoms with E-state index in [4.69, 9.17) is 9.47 Å². The molecule has 23 heavy (non-hydrogen) atoms. The number of ether oxygens (including phenoxy) is 2. The van der Waals surface area contributed by atoms with Crippen molar-refractivity contribution in [3.63, 3.8) is 0 Å². The van der Waals surface area contributed by atoms with Crippen LogP contribution in [-0.2, 0) is 16.1 Å². The molecular formula is C17H21N3O2S. The van der Waals surface area contributed by atoms with Gasteiger partial charge < -0.3 is 9.47 Å². The van der Waals surface area contributed by atoms with Crippen molar-refractivity contribution in [3.05, 3.63) is 46.5 Å². The highest BCUT2D eigenvalue weighted by molar-refractivity contribution is 7.13. The van der Waals surface area contributed by atoms with Crippen LogP contribution in [0.3, 0.4) is 0 Å². The van der Waals surface area contributed by atoms with Crippen LogP contribution in [0, 0.1) is 6.92 Å². The van der Waals surface area contributed by atoms with Gasteiger partial charge in [0.05, 0.1) is 31.2 Å². The van der Waals surface area contributed by atoms with Gasteiger partial charge in [-0.25, -0.2) is 4.98 Å². The Morgan fingerprint density at radius 2 is 2.48 bits per heavy atom. The van der Waals surface area contributed by atoms with Gasteiger partial charge >= 0.3 is 0 Å². The van der Waals surface area contributed by atoms with E-state index in [0.717, 1.165) is 41.4 Å². The molecule has 0 saturated carbocycles. The molecule has 2 heterocycles. The smallest absolute Gasteiger partial charge is 0.203 e. The van der Waals surface area contributed by atoms with Gasteiger partial charge in [0.2, 0.25) is 5.13 Å². The molecule has 1 aromatic carbocycles. The molecule has 0 bridgehead atoms. The van der Waals surface area contributed by atoms with Crippen molar-refractivity contribution in [1.29, 1.82) is 0 Å². The predicted octanol–water partition coefficient (Wildman–Crippen LogP) is 3.59. The molecule has 1 aliphatic heterocycles. The number of hydrazone groups is 1. The minimum atomic E-state index is 0.269. The Labute approximate surface area is 140 Å². The van der Waals surface area contributed by atoms with Crippen molar-refractivity contribution in [1.82, 2.24) is 4.98 Å². The zero-order valence-electron chi connectivity index (χ0n) is 13.2. The molecule has 1 saturated heterocycles. The number of aromatic nitrogens is 1. The zero-order chi connectivity index (χ0) is 15.9.